The van der Waals surface area contributed by atoms with Crippen molar-refractivity contribution in [1.82, 2.24) is 0 Å². The normalized spacial score (nSPS) is 25.3. The fourth-order valence-corrected chi connectivity index (χ4v) is 6.67. The lowest BCUT2D eigenvalue weighted by molar-refractivity contribution is 0.00578. The van der Waals surface area contributed by atoms with E-state index in [1.807, 2.05) is 0 Å². The molecule has 0 bridgehead atoms. The molecule has 3 heterocycles. The van der Waals surface area contributed by atoms with Crippen molar-refractivity contribution in [1.29, 1.82) is 0 Å². The summed E-state index contributed by atoms with van der Waals surface area (Å²) in [6.45, 7) is 23.6. The molecule has 0 aromatic heterocycles. The lowest BCUT2D eigenvalue weighted by Crippen LogP contribution is -2.41. The van der Waals surface area contributed by atoms with Gasteiger partial charge in [-0.15, -0.1) is 0 Å². The Morgan fingerprint density at radius 1 is 0.533 bits per heavy atom. The second-order valence-electron chi connectivity index (χ2n) is 16.3. The highest BCUT2D eigenvalue weighted by atomic mass is 16.7. The first kappa shape index (κ1) is 32.4. The Morgan fingerprint density at radius 2 is 0.867 bits per heavy atom. The van der Waals surface area contributed by atoms with Gasteiger partial charge in [-0.2, -0.15) is 0 Å². The minimum Gasteiger partial charge on any atom is -0.399 e. The Bertz CT molecular complexity index is 1390. The van der Waals surface area contributed by atoms with E-state index in [2.05, 4.69) is 154 Å². The molecule has 0 N–H and O–H groups in total. The number of nitrogens with zero attached hydrogens (tertiary/aromatic N) is 1. The Morgan fingerprint density at radius 3 is 1.18 bits per heavy atom. The summed E-state index contributed by atoms with van der Waals surface area (Å²) >= 11 is 0. The largest absolute Gasteiger partial charge is 0.494 e. The SMILES string of the molecule is CC(C)(C)c1ccc(N2C(c3ccc(B4OC(C)(C)C(C)(C)O4)cc3)CCC2c2ccc(B3OC(C)(C)C(C)(C)O3)cc2)cc1. The Kier molecular flexibility index (Phi) is 7.92. The summed E-state index contributed by atoms with van der Waals surface area (Å²) in [4.78, 5) is 2.63. The van der Waals surface area contributed by atoms with Gasteiger partial charge in [0, 0.05) is 5.69 Å². The molecule has 3 aromatic rings. The molecular weight excluding hydrogens is 556 g/mol. The maximum absolute atomic E-state index is 6.34. The van der Waals surface area contributed by atoms with Gasteiger partial charge in [0.15, 0.2) is 0 Å². The van der Waals surface area contributed by atoms with Gasteiger partial charge in [-0.1, -0.05) is 81.4 Å². The van der Waals surface area contributed by atoms with E-state index >= 15 is 0 Å². The fourth-order valence-electron chi connectivity index (χ4n) is 6.67. The zero-order chi connectivity index (χ0) is 32.6. The highest BCUT2D eigenvalue weighted by molar-refractivity contribution is 6.62. The molecule has 0 amide bonds. The van der Waals surface area contributed by atoms with Gasteiger partial charge in [0.1, 0.15) is 0 Å². The van der Waals surface area contributed by atoms with Crippen LogP contribution in [-0.2, 0) is 24.0 Å². The summed E-state index contributed by atoms with van der Waals surface area (Å²) in [5, 5.41) is 0. The molecule has 0 saturated carbocycles. The standard InChI is InChI=1S/C38H51B2NO4/c1-34(2,3)28-16-22-31(23-17-28)41-32(26-12-18-29(19-13-26)39-42-35(4,5)36(6,7)43-39)24-25-33(41)27-14-20-30(21-15-27)40-44-37(8,9)38(10,11)45-40/h12-23,32-33H,24-25H2,1-11H3. The topological polar surface area (TPSA) is 40.2 Å². The maximum atomic E-state index is 6.34. The third-order valence-electron chi connectivity index (χ3n) is 11.1. The number of rotatable bonds is 5. The molecule has 3 fully saturated rings. The molecule has 3 saturated heterocycles. The van der Waals surface area contributed by atoms with Crippen LogP contribution in [-0.4, -0.2) is 36.6 Å². The third-order valence-corrected chi connectivity index (χ3v) is 11.1. The second kappa shape index (κ2) is 11.0. The van der Waals surface area contributed by atoms with E-state index in [9.17, 15) is 0 Å². The first-order valence-electron chi connectivity index (χ1n) is 16.7. The summed E-state index contributed by atoms with van der Waals surface area (Å²) in [5.74, 6) is 0. The highest BCUT2D eigenvalue weighted by Crippen LogP contribution is 2.47. The molecular formula is C38H51B2NO4. The smallest absolute Gasteiger partial charge is 0.399 e. The van der Waals surface area contributed by atoms with E-state index in [4.69, 9.17) is 18.6 Å². The van der Waals surface area contributed by atoms with Crippen molar-refractivity contribution >= 4 is 30.8 Å². The van der Waals surface area contributed by atoms with Gasteiger partial charge >= 0.3 is 14.2 Å². The lowest BCUT2D eigenvalue weighted by Gasteiger charge is -2.34. The Hall–Kier alpha value is -2.57. The molecule has 7 heteroatoms. The molecule has 2 unspecified atom stereocenters. The van der Waals surface area contributed by atoms with Crippen molar-refractivity contribution < 1.29 is 18.6 Å². The first-order valence-corrected chi connectivity index (χ1v) is 16.7. The highest BCUT2D eigenvalue weighted by Gasteiger charge is 2.53. The molecule has 2 atom stereocenters. The monoisotopic (exact) mass is 607 g/mol. The second-order valence-corrected chi connectivity index (χ2v) is 16.3. The van der Waals surface area contributed by atoms with Crippen molar-refractivity contribution in [3.8, 4) is 0 Å². The number of benzene rings is 3. The van der Waals surface area contributed by atoms with Gasteiger partial charge in [0.05, 0.1) is 34.5 Å². The van der Waals surface area contributed by atoms with Crippen LogP contribution in [0.5, 0.6) is 0 Å². The number of hydrogen-bond acceptors (Lipinski definition) is 5. The predicted molar refractivity (Wildman–Crippen MR) is 187 cm³/mol. The molecule has 238 valence electrons. The van der Waals surface area contributed by atoms with Crippen LogP contribution in [0.2, 0.25) is 0 Å². The van der Waals surface area contributed by atoms with Crippen molar-refractivity contribution in [2.45, 2.75) is 129 Å². The average molecular weight is 607 g/mol. The fraction of sp³-hybridized carbons (Fsp3) is 0.526. The summed E-state index contributed by atoms with van der Waals surface area (Å²) in [5.41, 5.74) is 6.01. The van der Waals surface area contributed by atoms with Gasteiger partial charge in [-0.05, 0) is 113 Å². The average Bonchev–Trinajstić information content (AvgIpc) is 3.56. The number of anilines is 1. The molecule has 3 aliphatic rings. The van der Waals surface area contributed by atoms with Crippen molar-refractivity contribution in [3.63, 3.8) is 0 Å². The van der Waals surface area contributed by atoms with Crippen molar-refractivity contribution in [3.05, 3.63) is 89.5 Å². The molecule has 3 aromatic carbocycles. The molecule has 3 aliphatic heterocycles. The minimum atomic E-state index is -0.358. The van der Waals surface area contributed by atoms with E-state index in [0.29, 0.717) is 0 Å². The van der Waals surface area contributed by atoms with Gasteiger partial charge in [-0.3, -0.25) is 0 Å². The maximum Gasteiger partial charge on any atom is 0.494 e. The van der Waals surface area contributed by atoms with Crippen LogP contribution in [0.25, 0.3) is 0 Å². The summed E-state index contributed by atoms with van der Waals surface area (Å²) < 4.78 is 25.4. The van der Waals surface area contributed by atoms with Crippen LogP contribution in [0.15, 0.2) is 72.8 Å². The quantitative estimate of drug-likeness (QED) is 0.279. The van der Waals surface area contributed by atoms with Crippen molar-refractivity contribution in [2.75, 3.05) is 4.90 Å². The molecule has 45 heavy (non-hydrogen) atoms. The Labute approximate surface area is 272 Å². The van der Waals surface area contributed by atoms with Crippen LogP contribution in [0.4, 0.5) is 5.69 Å². The summed E-state index contributed by atoms with van der Waals surface area (Å²) in [6.07, 6.45) is 2.14. The van der Waals surface area contributed by atoms with E-state index in [1.165, 1.54) is 22.4 Å². The molecule has 6 rings (SSSR count). The van der Waals surface area contributed by atoms with E-state index < -0.39 is 0 Å². The van der Waals surface area contributed by atoms with E-state index in [0.717, 1.165) is 23.8 Å². The molecule has 0 radical (unpaired) electrons. The first-order chi connectivity index (χ1) is 20.9. The zero-order valence-corrected chi connectivity index (χ0v) is 29.2. The summed E-state index contributed by atoms with van der Waals surface area (Å²) in [6, 6.07) is 27.5. The Balaban J connectivity index is 1.29. The van der Waals surface area contributed by atoms with E-state index in [-0.39, 0.29) is 54.1 Å². The van der Waals surface area contributed by atoms with Crippen LogP contribution in [0, 0.1) is 0 Å². The summed E-state index contributed by atoms with van der Waals surface area (Å²) in [7, 11) is -0.715. The molecule has 0 spiro atoms. The molecule has 0 aliphatic carbocycles. The van der Waals surface area contributed by atoms with Gasteiger partial charge < -0.3 is 23.5 Å². The third kappa shape index (κ3) is 5.91. The van der Waals surface area contributed by atoms with Gasteiger partial charge in [0.25, 0.3) is 0 Å². The zero-order valence-electron chi connectivity index (χ0n) is 29.2. The lowest BCUT2D eigenvalue weighted by atomic mass is 9.78. The van der Waals surface area contributed by atoms with Crippen LogP contribution in [0.1, 0.15) is 118 Å². The van der Waals surface area contributed by atoms with E-state index in [1.54, 1.807) is 0 Å². The van der Waals surface area contributed by atoms with Crippen molar-refractivity contribution in [2.24, 2.45) is 0 Å². The molecule has 5 nitrogen and oxygen atoms in total. The van der Waals surface area contributed by atoms with Crippen LogP contribution < -0.4 is 15.8 Å². The number of hydrogen-bond donors (Lipinski definition) is 0. The predicted octanol–water partition coefficient (Wildman–Crippen LogP) is 7.67. The van der Waals surface area contributed by atoms with Gasteiger partial charge in [0.2, 0.25) is 0 Å². The van der Waals surface area contributed by atoms with Crippen LogP contribution in [0.3, 0.4) is 0 Å². The van der Waals surface area contributed by atoms with Crippen LogP contribution >= 0.6 is 0 Å². The minimum absolute atomic E-state index is 0.106. The van der Waals surface area contributed by atoms with Gasteiger partial charge in [-0.25, -0.2) is 0 Å².